The molecule has 0 fully saturated rings. The van der Waals surface area contributed by atoms with Crippen molar-refractivity contribution in [2.45, 2.75) is 13.0 Å². The molecule has 2 amide bonds. The van der Waals surface area contributed by atoms with Gasteiger partial charge in [-0.1, -0.05) is 47.7 Å². The van der Waals surface area contributed by atoms with Crippen LogP contribution in [0.3, 0.4) is 0 Å². The maximum Gasteiger partial charge on any atom is 0.264 e. The summed E-state index contributed by atoms with van der Waals surface area (Å²) in [5.74, 6) is -0.322. The summed E-state index contributed by atoms with van der Waals surface area (Å²) in [5, 5.41) is 3.28. The fourth-order valence-electron chi connectivity index (χ4n) is 3.89. The zero-order chi connectivity index (χ0) is 22.8. The first-order valence-electron chi connectivity index (χ1n) is 10.5. The van der Waals surface area contributed by atoms with E-state index in [4.69, 9.17) is 4.74 Å². The number of aromatic nitrogens is 1. The number of fused-ring (bicyclic) bond motifs is 2. The van der Waals surface area contributed by atoms with Crippen LogP contribution in [-0.2, 0) is 17.8 Å². The van der Waals surface area contributed by atoms with Crippen LogP contribution in [0.15, 0.2) is 66.7 Å². The molecular weight excluding hydrogens is 441 g/mol. The normalized spacial score (nSPS) is 13.1. The number of carbonyl (C=O) groups is 2. The number of nitrogens with one attached hydrogen (secondary N) is 1. The van der Waals surface area contributed by atoms with Gasteiger partial charge in [-0.25, -0.2) is 9.37 Å². The number of amides is 2. The molecule has 3 aromatic carbocycles. The minimum Gasteiger partial charge on any atom is -0.483 e. The van der Waals surface area contributed by atoms with E-state index in [2.05, 4.69) is 10.3 Å². The van der Waals surface area contributed by atoms with Gasteiger partial charge in [-0.05, 0) is 36.8 Å². The highest BCUT2D eigenvalue weighted by Crippen LogP contribution is 2.29. The summed E-state index contributed by atoms with van der Waals surface area (Å²) in [4.78, 5) is 31.4. The Morgan fingerprint density at radius 3 is 2.76 bits per heavy atom. The zero-order valence-corrected chi connectivity index (χ0v) is 18.4. The number of carbonyl (C=O) groups excluding carboxylic acids is 2. The maximum absolute atomic E-state index is 14.0. The van der Waals surface area contributed by atoms with Crippen LogP contribution >= 0.6 is 11.3 Å². The molecule has 0 atom stereocenters. The van der Waals surface area contributed by atoms with Crippen LogP contribution in [0.1, 0.15) is 21.5 Å². The average molecular weight is 462 g/mol. The SMILES string of the molecule is O=C(COc1cccc2c1CCN(Cc1ccccc1F)C2=O)Nc1nc2ccccc2s1. The predicted molar refractivity (Wildman–Crippen MR) is 125 cm³/mol. The van der Waals surface area contributed by atoms with E-state index in [1.54, 1.807) is 41.3 Å². The Morgan fingerprint density at radius 1 is 1.09 bits per heavy atom. The molecule has 1 aliphatic rings. The third-order valence-electron chi connectivity index (χ3n) is 5.50. The Labute approximate surface area is 193 Å². The summed E-state index contributed by atoms with van der Waals surface area (Å²) in [6, 6.07) is 19.3. The number of hydrogen-bond acceptors (Lipinski definition) is 5. The van der Waals surface area contributed by atoms with Gasteiger partial charge in [0, 0.05) is 29.8 Å². The Morgan fingerprint density at radius 2 is 1.91 bits per heavy atom. The molecule has 0 aliphatic carbocycles. The minimum atomic E-state index is -0.327. The zero-order valence-electron chi connectivity index (χ0n) is 17.6. The fourth-order valence-corrected chi connectivity index (χ4v) is 4.77. The van der Waals surface area contributed by atoms with Crippen molar-refractivity contribution < 1.29 is 18.7 Å². The van der Waals surface area contributed by atoms with E-state index in [0.29, 0.717) is 35.0 Å². The minimum absolute atomic E-state index is 0.177. The number of ether oxygens (including phenoxy) is 1. The molecule has 2 heterocycles. The number of halogens is 1. The van der Waals surface area contributed by atoms with E-state index in [1.165, 1.54) is 17.4 Å². The second-order valence-corrected chi connectivity index (χ2v) is 8.70. The second-order valence-electron chi connectivity index (χ2n) is 7.67. The van der Waals surface area contributed by atoms with Crippen molar-refractivity contribution in [3.05, 3.63) is 89.2 Å². The standard InChI is InChI=1S/C25H20FN3O3S/c26-19-8-2-1-6-16(19)14-29-13-12-17-18(24(29)31)7-5-10-21(17)32-15-23(30)28-25-27-20-9-3-4-11-22(20)33-25/h1-11H,12-15H2,(H,27,28,30). The highest BCUT2D eigenvalue weighted by molar-refractivity contribution is 7.22. The Bertz CT molecular complexity index is 1320. The first kappa shape index (κ1) is 21.1. The highest BCUT2D eigenvalue weighted by Gasteiger charge is 2.27. The van der Waals surface area contributed by atoms with Gasteiger partial charge in [-0.2, -0.15) is 0 Å². The Kier molecular flexibility index (Phi) is 5.75. The summed E-state index contributed by atoms with van der Waals surface area (Å²) in [6.07, 6.45) is 0.561. The second kappa shape index (κ2) is 8.99. The van der Waals surface area contributed by atoms with Gasteiger partial charge in [0.2, 0.25) is 0 Å². The fraction of sp³-hybridized carbons (Fsp3) is 0.160. The van der Waals surface area contributed by atoms with E-state index in [-0.39, 0.29) is 30.8 Å². The smallest absolute Gasteiger partial charge is 0.264 e. The molecular formula is C25H20FN3O3S. The first-order valence-corrected chi connectivity index (χ1v) is 11.3. The first-order chi connectivity index (χ1) is 16.1. The van der Waals surface area contributed by atoms with Crippen molar-refractivity contribution in [1.82, 2.24) is 9.88 Å². The van der Waals surface area contributed by atoms with Crippen LogP contribution in [0.4, 0.5) is 9.52 Å². The summed E-state index contributed by atoms with van der Waals surface area (Å²) in [6.45, 7) is 0.457. The molecule has 0 saturated carbocycles. The molecule has 33 heavy (non-hydrogen) atoms. The van der Waals surface area contributed by atoms with Gasteiger partial charge in [0.25, 0.3) is 11.8 Å². The molecule has 0 unspecified atom stereocenters. The van der Waals surface area contributed by atoms with E-state index in [1.807, 2.05) is 24.3 Å². The van der Waals surface area contributed by atoms with Crippen molar-refractivity contribution in [3.8, 4) is 5.75 Å². The average Bonchev–Trinajstić information content (AvgIpc) is 3.23. The lowest BCUT2D eigenvalue weighted by molar-refractivity contribution is -0.118. The molecule has 166 valence electrons. The van der Waals surface area contributed by atoms with Crippen molar-refractivity contribution in [2.24, 2.45) is 0 Å². The van der Waals surface area contributed by atoms with Crippen LogP contribution < -0.4 is 10.1 Å². The summed E-state index contributed by atoms with van der Waals surface area (Å²) in [5.41, 5.74) is 2.59. The molecule has 5 rings (SSSR count). The molecule has 1 N–H and O–H groups in total. The van der Waals surface area contributed by atoms with Crippen LogP contribution in [0, 0.1) is 5.82 Å². The lowest BCUT2D eigenvalue weighted by atomic mass is 9.97. The van der Waals surface area contributed by atoms with Gasteiger partial charge in [0.1, 0.15) is 11.6 Å². The van der Waals surface area contributed by atoms with E-state index in [0.717, 1.165) is 15.8 Å². The van der Waals surface area contributed by atoms with E-state index < -0.39 is 0 Å². The predicted octanol–water partition coefficient (Wildman–Crippen LogP) is 4.65. The number of anilines is 1. The molecule has 0 radical (unpaired) electrons. The molecule has 4 aromatic rings. The number of rotatable bonds is 6. The van der Waals surface area contributed by atoms with E-state index >= 15 is 0 Å². The number of hydrogen-bond donors (Lipinski definition) is 1. The molecule has 0 saturated heterocycles. The highest BCUT2D eigenvalue weighted by atomic mass is 32.1. The van der Waals surface area contributed by atoms with Crippen LogP contribution in [0.25, 0.3) is 10.2 Å². The van der Waals surface area contributed by atoms with Crippen molar-refractivity contribution in [3.63, 3.8) is 0 Å². The van der Waals surface area contributed by atoms with Gasteiger partial charge < -0.3 is 9.64 Å². The van der Waals surface area contributed by atoms with Crippen molar-refractivity contribution in [2.75, 3.05) is 18.5 Å². The number of nitrogens with zero attached hydrogens (tertiary/aromatic N) is 2. The van der Waals surface area contributed by atoms with Crippen molar-refractivity contribution in [1.29, 1.82) is 0 Å². The number of thiazole rings is 1. The third kappa shape index (κ3) is 4.42. The molecule has 0 spiro atoms. The summed E-state index contributed by atoms with van der Waals surface area (Å²) < 4.78 is 20.8. The lowest BCUT2D eigenvalue weighted by Gasteiger charge is -2.29. The van der Waals surface area contributed by atoms with Crippen molar-refractivity contribution >= 4 is 38.5 Å². The van der Waals surface area contributed by atoms with E-state index in [9.17, 15) is 14.0 Å². The quantitative estimate of drug-likeness (QED) is 0.454. The van der Waals surface area contributed by atoms with Gasteiger partial charge in [0.15, 0.2) is 11.7 Å². The number of para-hydroxylation sites is 1. The van der Waals surface area contributed by atoms with Crippen LogP contribution in [0.5, 0.6) is 5.75 Å². The number of benzene rings is 3. The molecule has 1 aliphatic heterocycles. The van der Waals surface area contributed by atoms with Gasteiger partial charge in [0.05, 0.1) is 10.2 Å². The summed E-state index contributed by atoms with van der Waals surface area (Å²) in [7, 11) is 0. The van der Waals surface area contributed by atoms with Crippen LogP contribution in [-0.4, -0.2) is 34.8 Å². The topological polar surface area (TPSA) is 71.5 Å². The largest absolute Gasteiger partial charge is 0.483 e. The molecule has 6 nitrogen and oxygen atoms in total. The molecule has 0 bridgehead atoms. The summed E-state index contributed by atoms with van der Waals surface area (Å²) >= 11 is 1.40. The van der Waals surface area contributed by atoms with Gasteiger partial charge in [-0.3, -0.25) is 14.9 Å². The van der Waals surface area contributed by atoms with Crippen LogP contribution in [0.2, 0.25) is 0 Å². The monoisotopic (exact) mass is 461 g/mol. The molecule has 8 heteroatoms. The van der Waals surface area contributed by atoms with Gasteiger partial charge >= 0.3 is 0 Å². The molecule has 1 aromatic heterocycles. The Hall–Kier alpha value is -3.78. The lowest BCUT2D eigenvalue weighted by Crippen LogP contribution is -2.37. The van der Waals surface area contributed by atoms with Gasteiger partial charge in [-0.15, -0.1) is 0 Å². The Balaban J connectivity index is 1.25. The third-order valence-corrected chi connectivity index (χ3v) is 6.45. The maximum atomic E-state index is 14.0.